The van der Waals surface area contributed by atoms with E-state index in [9.17, 15) is 13.2 Å². The number of nitrogen functional groups attached to an aromatic ring is 1. The number of halogens is 3. The molecule has 0 aliphatic heterocycles. The maximum atomic E-state index is 12.4. The summed E-state index contributed by atoms with van der Waals surface area (Å²) in [6, 6.07) is 8.08. The van der Waals surface area contributed by atoms with Gasteiger partial charge in [0.2, 0.25) is 0 Å². The first-order valence-corrected chi connectivity index (χ1v) is 5.99. The molecule has 2 N–H and O–H groups in total. The first-order chi connectivity index (χ1) is 9.27. The number of nitrogens with two attached hydrogens (primary N) is 1. The van der Waals surface area contributed by atoms with E-state index < -0.39 is 11.7 Å². The Hall–Kier alpha value is -2.17. The third-order valence-corrected chi connectivity index (χ3v) is 2.98. The standard InChI is InChI=1S/C15H14F3NO/c1-9-7-13(8-10(2)14(9)19)20-12-5-3-11(4-6-12)15(16,17)18/h3-8H,19H2,1-2H3. The van der Waals surface area contributed by atoms with E-state index in [0.29, 0.717) is 17.2 Å². The Morgan fingerprint density at radius 2 is 1.40 bits per heavy atom. The second-order valence-corrected chi connectivity index (χ2v) is 4.59. The quantitative estimate of drug-likeness (QED) is 0.810. The fourth-order valence-electron chi connectivity index (χ4n) is 1.84. The van der Waals surface area contributed by atoms with Crippen LogP contribution in [0.2, 0.25) is 0 Å². The molecular formula is C15H14F3NO. The second kappa shape index (κ2) is 5.07. The van der Waals surface area contributed by atoms with Crippen LogP contribution in [0.15, 0.2) is 36.4 Å². The van der Waals surface area contributed by atoms with Crippen molar-refractivity contribution in [3.05, 3.63) is 53.1 Å². The summed E-state index contributed by atoms with van der Waals surface area (Å²) in [4.78, 5) is 0. The number of rotatable bonds is 2. The van der Waals surface area contributed by atoms with Crippen molar-refractivity contribution in [2.24, 2.45) is 0 Å². The van der Waals surface area contributed by atoms with Gasteiger partial charge < -0.3 is 10.5 Å². The molecule has 0 bridgehead atoms. The number of hydrogen-bond acceptors (Lipinski definition) is 2. The molecule has 5 heteroatoms. The molecule has 0 fully saturated rings. The van der Waals surface area contributed by atoms with Crippen molar-refractivity contribution in [2.45, 2.75) is 20.0 Å². The zero-order valence-corrected chi connectivity index (χ0v) is 11.1. The molecule has 0 saturated heterocycles. The summed E-state index contributed by atoms with van der Waals surface area (Å²) in [7, 11) is 0. The zero-order chi connectivity index (χ0) is 14.9. The zero-order valence-electron chi connectivity index (χ0n) is 11.1. The Morgan fingerprint density at radius 3 is 1.85 bits per heavy atom. The highest BCUT2D eigenvalue weighted by Crippen LogP contribution is 2.32. The van der Waals surface area contributed by atoms with Crippen LogP contribution in [0.25, 0.3) is 0 Å². The number of aryl methyl sites for hydroxylation is 2. The van der Waals surface area contributed by atoms with Gasteiger partial charge in [-0.15, -0.1) is 0 Å². The van der Waals surface area contributed by atoms with Crippen molar-refractivity contribution in [1.82, 2.24) is 0 Å². The van der Waals surface area contributed by atoms with Crippen molar-refractivity contribution in [1.29, 1.82) is 0 Å². The maximum absolute atomic E-state index is 12.4. The van der Waals surface area contributed by atoms with Crippen LogP contribution in [0, 0.1) is 13.8 Å². The molecule has 0 aliphatic rings. The first kappa shape index (κ1) is 14.2. The summed E-state index contributed by atoms with van der Waals surface area (Å²) in [5.41, 5.74) is 7.55. The third-order valence-electron chi connectivity index (χ3n) is 2.98. The van der Waals surface area contributed by atoms with E-state index in [2.05, 4.69) is 0 Å². The maximum Gasteiger partial charge on any atom is 0.416 e. The fourth-order valence-corrected chi connectivity index (χ4v) is 1.84. The molecule has 2 rings (SSSR count). The number of alkyl halides is 3. The molecule has 0 saturated carbocycles. The molecule has 0 amide bonds. The molecule has 0 aliphatic carbocycles. The molecule has 0 spiro atoms. The summed E-state index contributed by atoms with van der Waals surface area (Å²) in [5.74, 6) is 0.899. The Kier molecular flexibility index (Phi) is 3.61. The summed E-state index contributed by atoms with van der Waals surface area (Å²) in [6.45, 7) is 3.70. The number of anilines is 1. The van der Waals surface area contributed by atoms with Gasteiger partial charge in [-0.1, -0.05) is 0 Å². The predicted octanol–water partition coefficient (Wildman–Crippen LogP) is 4.70. The van der Waals surface area contributed by atoms with Crippen LogP contribution in [0.4, 0.5) is 18.9 Å². The average Bonchev–Trinajstić information content (AvgIpc) is 2.35. The van der Waals surface area contributed by atoms with Crippen molar-refractivity contribution in [2.75, 3.05) is 5.73 Å². The SMILES string of the molecule is Cc1cc(Oc2ccc(C(F)(F)F)cc2)cc(C)c1N. The summed E-state index contributed by atoms with van der Waals surface area (Å²) in [5, 5.41) is 0. The smallest absolute Gasteiger partial charge is 0.416 e. The van der Waals surface area contributed by atoms with Crippen LogP contribution in [-0.4, -0.2) is 0 Å². The van der Waals surface area contributed by atoms with Crippen LogP contribution in [0.5, 0.6) is 11.5 Å². The summed E-state index contributed by atoms with van der Waals surface area (Å²) < 4.78 is 42.9. The number of ether oxygens (including phenoxy) is 1. The van der Waals surface area contributed by atoms with Gasteiger partial charge in [0.15, 0.2) is 0 Å². The number of hydrogen-bond donors (Lipinski definition) is 1. The van der Waals surface area contributed by atoms with Gasteiger partial charge in [-0.05, 0) is 61.4 Å². The van der Waals surface area contributed by atoms with Crippen molar-refractivity contribution >= 4 is 5.69 Å². The molecule has 2 nitrogen and oxygen atoms in total. The Bertz CT molecular complexity index is 595. The van der Waals surface area contributed by atoms with Gasteiger partial charge in [0.1, 0.15) is 11.5 Å². The second-order valence-electron chi connectivity index (χ2n) is 4.59. The fraction of sp³-hybridized carbons (Fsp3) is 0.200. The van der Waals surface area contributed by atoms with Gasteiger partial charge >= 0.3 is 6.18 Å². The largest absolute Gasteiger partial charge is 0.457 e. The van der Waals surface area contributed by atoms with Crippen molar-refractivity contribution < 1.29 is 17.9 Å². The molecule has 0 heterocycles. The molecule has 2 aromatic carbocycles. The van der Waals surface area contributed by atoms with Crippen LogP contribution < -0.4 is 10.5 Å². The normalized spacial score (nSPS) is 11.4. The highest BCUT2D eigenvalue weighted by molar-refractivity contribution is 5.56. The van der Waals surface area contributed by atoms with Crippen molar-refractivity contribution in [3.63, 3.8) is 0 Å². The minimum atomic E-state index is -4.34. The number of benzene rings is 2. The molecule has 106 valence electrons. The third kappa shape index (κ3) is 3.04. The van der Waals surface area contributed by atoms with Crippen LogP contribution in [-0.2, 0) is 6.18 Å². The minimum Gasteiger partial charge on any atom is -0.457 e. The first-order valence-electron chi connectivity index (χ1n) is 5.99. The van der Waals surface area contributed by atoms with Gasteiger partial charge in [-0.2, -0.15) is 13.2 Å². The molecule has 2 aromatic rings. The highest BCUT2D eigenvalue weighted by atomic mass is 19.4. The molecular weight excluding hydrogens is 267 g/mol. The topological polar surface area (TPSA) is 35.2 Å². The van der Waals surface area contributed by atoms with E-state index >= 15 is 0 Å². The average molecular weight is 281 g/mol. The highest BCUT2D eigenvalue weighted by Gasteiger charge is 2.30. The van der Waals surface area contributed by atoms with E-state index in [1.165, 1.54) is 12.1 Å². The lowest BCUT2D eigenvalue weighted by Gasteiger charge is -2.11. The minimum absolute atomic E-state index is 0.349. The van der Waals surface area contributed by atoms with Crippen LogP contribution in [0.3, 0.4) is 0 Å². The van der Waals surface area contributed by atoms with Crippen LogP contribution in [0.1, 0.15) is 16.7 Å². The Morgan fingerprint density at radius 1 is 0.900 bits per heavy atom. The lowest BCUT2D eigenvalue weighted by molar-refractivity contribution is -0.137. The van der Waals surface area contributed by atoms with E-state index in [1.807, 2.05) is 13.8 Å². The summed E-state index contributed by atoms with van der Waals surface area (Å²) in [6.07, 6.45) is -4.34. The van der Waals surface area contributed by atoms with E-state index in [1.54, 1.807) is 12.1 Å². The van der Waals surface area contributed by atoms with Crippen LogP contribution >= 0.6 is 0 Å². The Balaban J connectivity index is 2.23. The van der Waals surface area contributed by atoms with Gasteiger partial charge in [0, 0.05) is 5.69 Å². The molecule has 20 heavy (non-hydrogen) atoms. The lowest BCUT2D eigenvalue weighted by atomic mass is 10.1. The lowest BCUT2D eigenvalue weighted by Crippen LogP contribution is -2.04. The predicted molar refractivity (Wildman–Crippen MR) is 71.8 cm³/mol. The monoisotopic (exact) mass is 281 g/mol. The van der Waals surface area contributed by atoms with Gasteiger partial charge in [-0.25, -0.2) is 0 Å². The van der Waals surface area contributed by atoms with E-state index in [-0.39, 0.29) is 0 Å². The molecule has 0 radical (unpaired) electrons. The van der Waals surface area contributed by atoms with Crippen molar-refractivity contribution in [3.8, 4) is 11.5 Å². The van der Waals surface area contributed by atoms with Gasteiger partial charge in [0.25, 0.3) is 0 Å². The van der Waals surface area contributed by atoms with E-state index in [4.69, 9.17) is 10.5 Å². The Labute approximate surface area is 115 Å². The van der Waals surface area contributed by atoms with E-state index in [0.717, 1.165) is 23.3 Å². The molecule has 0 atom stereocenters. The van der Waals surface area contributed by atoms with Gasteiger partial charge in [-0.3, -0.25) is 0 Å². The van der Waals surface area contributed by atoms with Gasteiger partial charge in [0.05, 0.1) is 5.56 Å². The summed E-state index contributed by atoms with van der Waals surface area (Å²) >= 11 is 0. The molecule has 0 aromatic heterocycles. The molecule has 0 unspecified atom stereocenters.